The Morgan fingerprint density at radius 3 is 2.52 bits per heavy atom. The van der Waals surface area contributed by atoms with Gasteiger partial charge in [0.15, 0.2) is 5.82 Å². The van der Waals surface area contributed by atoms with Gasteiger partial charge < -0.3 is 15.0 Å². The monoisotopic (exact) mass is 335 g/mol. The second-order valence-corrected chi connectivity index (χ2v) is 6.26. The lowest BCUT2D eigenvalue weighted by atomic mass is 9.90. The van der Waals surface area contributed by atoms with Crippen molar-refractivity contribution in [2.24, 2.45) is 0 Å². The number of aliphatic hydroxyl groups excluding tert-OH is 1. The smallest absolute Gasteiger partial charge is 0.292 e. The Morgan fingerprint density at radius 1 is 1.39 bits per heavy atom. The van der Waals surface area contributed by atoms with Crippen LogP contribution < -0.4 is 0 Å². The number of carbonyl (C=O) groups excluding carboxylic acids is 1. The fourth-order valence-corrected chi connectivity index (χ4v) is 3.72. The Balaban J connectivity index is 1.96. The molecular weight excluding hydrogens is 318 g/mol. The number of nitrogens with zero attached hydrogens (tertiary/aromatic N) is 2. The summed E-state index contributed by atoms with van der Waals surface area (Å²) >= 11 is 0. The van der Waals surface area contributed by atoms with Crippen molar-refractivity contribution in [3.8, 4) is 0 Å². The molecule has 1 amide bonds. The summed E-state index contributed by atoms with van der Waals surface area (Å²) in [5, 5.41) is 10.0. The van der Waals surface area contributed by atoms with E-state index in [0.29, 0.717) is 12.8 Å². The van der Waals surface area contributed by atoms with Gasteiger partial charge in [0, 0.05) is 5.69 Å². The second-order valence-electron chi connectivity index (χ2n) is 6.26. The normalized spacial score (nSPS) is 25.7. The van der Waals surface area contributed by atoms with Gasteiger partial charge >= 0.3 is 0 Å². The standard InChI is InChI=1S/C14H17F4N3O2/c1-7-8(9(15)16)20-10(19-7)11(22)21-6-14(17,18)12(23)13(21)4-2-3-5-13/h9,12,23H,2-6H2,1H3,(H,19,20). The molecule has 3 rings (SSSR count). The molecule has 2 aliphatic rings. The average molecular weight is 335 g/mol. The lowest BCUT2D eigenvalue weighted by molar-refractivity contribution is -0.0959. The summed E-state index contributed by atoms with van der Waals surface area (Å²) < 4.78 is 53.5. The molecule has 128 valence electrons. The molecule has 0 bridgehead atoms. The Bertz CT molecular complexity index is 626. The molecule has 0 radical (unpaired) electrons. The number of hydrogen-bond acceptors (Lipinski definition) is 3. The van der Waals surface area contributed by atoms with Crippen LogP contribution in [-0.2, 0) is 0 Å². The highest BCUT2D eigenvalue weighted by atomic mass is 19.3. The Hall–Kier alpha value is -1.64. The molecule has 1 aliphatic carbocycles. The van der Waals surface area contributed by atoms with Crippen LogP contribution in [-0.4, -0.2) is 50.0 Å². The maximum atomic E-state index is 14.0. The van der Waals surface area contributed by atoms with Gasteiger partial charge in [0.25, 0.3) is 18.3 Å². The highest BCUT2D eigenvalue weighted by Gasteiger charge is 2.65. The number of amides is 1. The number of aliphatic hydroxyl groups is 1. The molecule has 1 aliphatic heterocycles. The number of halogens is 4. The van der Waals surface area contributed by atoms with Crippen LogP contribution >= 0.6 is 0 Å². The lowest BCUT2D eigenvalue weighted by Gasteiger charge is -2.36. The van der Waals surface area contributed by atoms with Crippen LogP contribution in [0.1, 0.15) is 54.1 Å². The molecule has 2 N–H and O–H groups in total. The van der Waals surface area contributed by atoms with Crippen molar-refractivity contribution in [2.45, 2.75) is 56.6 Å². The molecule has 1 atom stereocenters. The molecule has 1 spiro atoms. The Labute approximate surface area is 129 Å². The molecule has 1 aromatic heterocycles. The number of aromatic nitrogens is 2. The van der Waals surface area contributed by atoms with Gasteiger partial charge in [0.05, 0.1) is 12.1 Å². The first kappa shape index (κ1) is 16.2. The first-order chi connectivity index (χ1) is 10.7. The summed E-state index contributed by atoms with van der Waals surface area (Å²) in [4.78, 5) is 19.5. The average Bonchev–Trinajstić information content (AvgIpc) is 3.14. The molecule has 5 nitrogen and oxygen atoms in total. The van der Waals surface area contributed by atoms with Crippen molar-refractivity contribution in [1.82, 2.24) is 14.9 Å². The van der Waals surface area contributed by atoms with Gasteiger partial charge in [-0.3, -0.25) is 4.79 Å². The molecule has 2 fully saturated rings. The summed E-state index contributed by atoms with van der Waals surface area (Å²) in [5.41, 5.74) is -1.89. The van der Waals surface area contributed by atoms with Crippen LogP contribution in [0.4, 0.5) is 17.6 Å². The predicted molar refractivity (Wildman–Crippen MR) is 71.5 cm³/mol. The quantitative estimate of drug-likeness (QED) is 0.816. The van der Waals surface area contributed by atoms with Crippen molar-refractivity contribution in [3.63, 3.8) is 0 Å². The van der Waals surface area contributed by atoms with E-state index in [1.807, 2.05) is 0 Å². The number of likely N-dealkylation sites (tertiary alicyclic amines) is 1. The first-order valence-electron chi connectivity index (χ1n) is 7.41. The van der Waals surface area contributed by atoms with E-state index in [9.17, 15) is 27.5 Å². The number of nitrogens with one attached hydrogen (secondary N) is 1. The minimum absolute atomic E-state index is 0.0235. The molecule has 1 saturated carbocycles. The van der Waals surface area contributed by atoms with Crippen LogP contribution in [0.3, 0.4) is 0 Å². The molecule has 1 saturated heterocycles. The van der Waals surface area contributed by atoms with Gasteiger partial charge in [0.1, 0.15) is 11.8 Å². The van der Waals surface area contributed by atoms with Gasteiger partial charge in [-0.1, -0.05) is 12.8 Å². The number of H-pyrrole nitrogens is 1. The van der Waals surface area contributed by atoms with Crippen molar-refractivity contribution in [3.05, 3.63) is 17.2 Å². The van der Waals surface area contributed by atoms with E-state index in [-0.39, 0.29) is 18.5 Å². The van der Waals surface area contributed by atoms with Crippen LogP contribution in [0.5, 0.6) is 0 Å². The summed E-state index contributed by atoms with van der Waals surface area (Å²) in [5.74, 6) is -4.69. The number of aromatic amines is 1. The summed E-state index contributed by atoms with van der Waals surface area (Å²) in [6, 6.07) is 0. The van der Waals surface area contributed by atoms with E-state index in [1.165, 1.54) is 6.92 Å². The zero-order chi connectivity index (χ0) is 17.0. The first-order valence-corrected chi connectivity index (χ1v) is 7.41. The van der Waals surface area contributed by atoms with E-state index in [1.54, 1.807) is 0 Å². The van der Waals surface area contributed by atoms with Gasteiger partial charge in [-0.05, 0) is 19.8 Å². The summed E-state index contributed by atoms with van der Waals surface area (Å²) in [7, 11) is 0. The third-order valence-electron chi connectivity index (χ3n) is 4.86. The molecule has 9 heteroatoms. The van der Waals surface area contributed by atoms with Gasteiger partial charge in [-0.15, -0.1) is 0 Å². The van der Waals surface area contributed by atoms with E-state index in [4.69, 9.17) is 0 Å². The number of hydrogen-bond donors (Lipinski definition) is 2. The molecule has 23 heavy (non-hydrogen) atoms. The number of imidazole rings is 1. The summed E-state index contributed by atoms with van der Waals surface area (Å²) in [6.45, 7) is 0.404. The SMILES string of the molecule is Cc1[nH]c(C(=O)N2CC(F)(F)C(O)C23CCCC3)nc1C(F)F. The van der Waals surface area contributed by atoms with Crippen molar-refractivity contribution >= 4 is 5.91 Å². The number of carbonyl (C=O) groups is 1. The topological polar surface area (TPSA) is 69.2 Å². The van der Waals surface area contributed by atoms with Gasteiger partial charge in [-0.2, -0.15) is 0 Å². The predicted octanol–water partition coefficient (Wildman–Crippen LogP) is 2.42. The largest absolute Gasteiger partial charge is 0.384 e. The highest BCUT2D eigenvalue weighted by Crippen LogP contribution is 2.49. The van der Waals surface area contributed by atoms with Gasteiger partial charge in [0.2, 0.25) is 0 Å². The third kappa shape index (κ3) is 2.32. The van der Waals surface area contributed by atoms with Crippen LogP contribution in [0.25, 0.3) is 0 Å². The maximum Gasteiger partial charge on any atom is 0.292 e. The van der Waals surface area contributed by atoms with E-state index in [0.717, 1.165) is 4.90 Å². The molecule has 1 aromatic rings. The number of aryl methyl sites for hydroxylation is 1. The molecule has 2 heterocycles. The van der Waals surface area contributed by atoms with Crippen molar-refractivity contribution < 1.29 is 27.5 Å². The third-order valence-corrected chi connectivity index (χ3v) is 4.86. The number of rotatable bonds is 2. The van der Waals surface area contributed by atoms with Gasteiger partial charge in [-0.25, -0.2) is 22.5 Å². The lowest BCUT2D eigenvalue weighted by Crippen LogP contribution is -2.52. The fourth-order valence-electron chi connectivity index (χ4n) is 3.72. The van der Waals surface area contributed by atoms with Crippen molar-refractivity contribution in [1.29, 1.82) is 0 Å². The van der Waals surface area contributed by atoms with Crippen LogP contribution in [0.2, 0.25) is 0 Å². The van der Waals surface area contributed by atoms with E-state index >= 15 is 0 Å². The van der Waals surface area contributed by atoms with Crippen LogP contribution in [0.15, 0.2) is 0 Å². The second kappa shape index (κ2) is 5.19. The maximum absolute atomic E-state index is 14.0. The Kier molecular flexibility index (Phi) is 3.66. The summed E-state index contributed by atoms with van der Waals surface area (Å²) in [6.07, 6.45) is -3.05. The van der Waals surface area contributed by atoms with E-state index < -0.39 is 48.0 Å². The highest BCUT2D eigenvalue weighted by molar-refractivity contribution is 5.92. The minimum atomic E-state index is -3.42. The molecule has 1 unspecified atom stereocenters. The van der Waals surface area contributed by atoms with E-state index in [2.05, 4.69) is 9.97 Å². The minimum Gasteiger partial charge on any atom is -0.384 e. The Morgan fingerprint density at radius 2 is 2.00 bits per heavy atom. The zero-order valence-corrected chi connectivity index (χ0v) is 12.5. The fraction of sp³-hybridized carbons (Fsp3) is 0.714. The van der Waals surface area contributed by atoms with Crippen molar-refractivity contribution in [2.75, 3.05) is 6.54 Å². The van der Waals surface area contributed by atoms with Crippen LogP contribution in [0, 0.1) is 6.92 Å². The zero-order valence-electron chi connectivity index (χ0n) is 12.5. The molecule has 0 aromatic carbocycles. The molecular formula is C14H17F4N3O2. The number of alkyl halides is 4.